The molecule has 3 heterocycles. The van der Waals surface area contributed by atoms with Gasteiger partial charge < -0.3 is 35.6 Å². The van der Waals surface area contributed by atoms with Gasteiger partial charge in [0.05, 0.1) is 21.2 Å². The molecule has 0 unspecified atom stereocenters. The number of hydrogen-bond donors (Lipinski definition) is 6. The van der Waals surface area contributed by atoms with Crippen LogP contribution in [0.3, 0.4) is 0 Å². The highest BCUT2D eigenvalue weighted by Gasteiger charge is 2.49. The van der Waals surface area contributed by atoms with Gasteiger partial charge in [0.2, 0.25) is 0 Å². The van der Waals surface area contributed by atoms with E-state index in [0.29, 0.717) is 33.2 Å². The van der Waals surface area contributed by atoms with E-state index >= 15 is 0 Å². The van der Waals surface area contributed by atoms with Gasteiger partial charge in [-0.15, -0.1) is 16.4 Å². The molecule has 0 bridgehead atoms. The van der Waals surface area contributed by atoms with E-state index in [-0.39, 0.29) is 29.0 Å². The third kappa shape index (κ3) is 7.22. The van der Waals surface area contributed by atoms with E-state index < -0.39 is 17.7 Å². The zero-order chi connectivity index (χ0) is 35.7. The quantitative estimate of drug-likeness (QED) is 0.0862. The lowest BCUT2D eigenvalue weighted by atomic mass is 9.76. The number of aliphatic carboxylic acids is 1. The lowest BCUT2D eigenvalue weighted by Crippen LogP contribution is -2.42. The maximum absolute atomic E-state index is 12.4. The normalized spacial score (nSPS) is 20.4. The van der Waals surface area contributed by atoms with Crippen molar-refractivity contribution in [3.63, 3.8) is 0 Å². The number of benzene rings is 2. The van der Waals surface area contributed by atoms with Gasteiger partial charge in [-0.1, -0.05) is 41.5 Å². The van der Waals surface area contributed by atoms with Crippen LogP contribution in [0.2, 0.25) is 0 Å². The van der Waals surface area contributed by atoms with Crippen LogP contribution in [0.25, 0.3) is 21.3 Å². The first-order valence-electron chi connectivity index (χ1n) is 17.9. The van der Waals surface area contributed by atoms with Gasteiger partial charge in [0.25, 0.3) is 0 Å². The van der Waals surface area contributed by atoms with E-state index in [9.17, 15) is 30.0 Å². The average molecular weight is 735 g/mol. The second-order valence-corrected chi connectivity index (χ2v) is 16.2. The van der Waals surface area contributed by atoms with Crippen LogP contribution in [-0.2, 0) is 23.5 Å². The molecule has 2 aliphatic rings. The van der Waals surface area contributed by atoms with Crippen molar-refractivity contribution in [3.8, 4) is 5.75 Å². The first kappa shape index (κ1) is 35.7. The standard InChI is InChI=1S/C37H46N6O6S2/c1-42(25-10-8-23(9-11-25)26-15-18-50-34(26)37(49,35(46)47)24-5-2-3-6-24)16-4-17-43-29-13-7-22(19-28(29)40-41-43)20-38-21-31(45)27-12-14-30(44)32-33(27)51-36(48)39-32/h7,12-15,18-19,23-25,31,38,44-45,49H,2-6,8-11,16-17,20-21H2,1H3,(H,39,48)(H,46,47)/t23?,25?,31-,37+/m0/s1. The fourth-order valence-electron chi connectivity index (χ4n) is 8.29. The number of aromatic nitrogens is 4. The molecule has 3 aromatic heterocycles. The monoisotopic (exact) mass is 734 g/mol. The summed E-state index contributed by atoms with van der Waals surface area (Å²) in [5.74, 6) is -1.06. The van der Waals surface area contributed by atoms with Crippen LogP contribution in [0.1, 0.15) is 91.4 Å². The molecule has 2 aromatic carbocycles. The molecule has 0 spiro atoms. The zero-order valence-corrected chi connectivity index (χ0v) is 30.4. The van der Waals surface area contributed by atoms with Crippen molar-refractivity contribution in [2.24, 2.45) is 5.92 Å². The van der Waals surface area contributed by atoms with Gasteiger partial charge in [-0.05, 0) is 105 Å². The molecule has 6 N–H and O–H groups in total. The first-order chi connectivity index (χ1) is 24.6. The van der Waals surface area contributed by atoms with Crippen LogP contribution in [0.15, 0.2) is 46.6 Å². The number of phenols is 1. The Morgan fingerprint density at radius 1 is 1.14 bits per heavy atom. The number of nitrogens with one attached hydrogen (secondary N) is 2. The predicted molar refractivity (Wildman–Crippen MR) is 198 cm³/mol. The molecule has 0 radical (unpaired) electrons. The van der Waals surface area contributed by atoms with Crippen molar-refractivity contribution in [1.29, 1.82) is 0 Å². The number of H-pyrrole nitrogens is 1. The molecular weight excluding hydrogens is 689 g/mol. The molecule has 0 aliphatic heterocycles. The Labute approximate surface area is 303 Å². The number of nitrogens with zero attached hydrogens (tertiary/aromatic N) is 4. The Morgan fingerprint density at radius 2 is 1.92 bits per heavy atom. The number of aryl methyl sites for hydroxylation is 1. The largest absolute Gasteiger partial charge is 0.506 e. The fourth-order valence-corrected chi connectivity index (χ4v) is 10.4. The Morgan fingerprint density at radius 3 is 2.69 bits per heavy atom. The number of thiazole rings is 1. The number of aromatic hydroxyl groups is 1. The third-order valence-electron chi connectivity index (χ3n) is 11.1. The number of hydrogen-bond acceptors (Lipinski definition) is 11. The summed E-state index contributed by atoms with van der Waals surface area (Å²) < 4.78 is 2.51. The predicted octanol–water partition coefficient (Wildman–Crippen LogP) is 5.44. The Kier molecular flexibility index (Phi) is 10.6. The highest BCUT2D eigenvalue weighted by Crippen LogP contribution is 2.47. The molecule has 2 fully saturated rings. The van der Waals surface area contributed by atoms with Crippen LogP contribution < -0.4 is 10.2 Å². The van der Waals surface area contributed by atoms with Gasteiger partial charge in [0, 0.05) is 37.2 Å². The topological polar surface area (TPSA) is 177 Å². The molecule has 272 valence electrons. The summed E-state index contributed by atoms with van der Waals surface area (Å²) in [6.45, 7) is 2.47. The van der Waals surface area contributed by atoms with E-state index in [1.165, 1.54) is 17.4 Å². The van der Waals surface area contributed by atoms with Crippen LogP contribution in [0.5, 0.6) is 5.75 Å². The van der Waals surface area contributed by atoms with Gasteiger partial charge in [0.1, 0.15) is 16.8 Å². The van der Waals surface area contributed by atoms with Gasteiger partial charge in [-0.3, -0.25) is 4.79 Å². The number of aromatic amines is 1. The number of fused-ring (bicyclic) bond motifs is 2. The molecule has 14 heteroatoms. The van der Waals surface area contributed by atoms with Crippen LogP contribution in [0, 0.1) is 5.92 Å². The Hall–Kier alpha value is -3.66. The summed E-state index contributed by atoms with van der Waals surface area (Å²) in [7, 11) is 2.18. The summed E-state index contributed by atoms with van der Waals surface area (Å²) in [5.41, 5.74) is 3.00. The van der Waals surface area contributed by atoms with Gasteiger partial charge in [-0.25, -0.2) is 9.48 Å². The molecule has 7 rings (SSSR count). The van der Waals surface area contributed by atoms with Crippen molar-refractivity contribution in [1.82, 2.24) is 30.2 Å². The first-order valence-corrected chi connectivity index (χ1v) is 19.6. The molecule has 0 amide bonds. The van der Waals surface area contributed by atoms with Crippen molar-refractivity contribution >= 4 is 49.9 Å². The van der Waals surface area contributed by atoms with Gasteiger partial charge in [0.15, 0.2) is 5.60 Å². The van der Waals surface area contributed by atoms with E-state index in [1.807, 2.05) is 28.3 Å². The van der Waals surface area contributed by atoms with Crippen LogP contribution in [-0.4, -0.2) is 77.5 Å². The second-order valence-electron chi connectivity index (χ2n) is 14.3. The maximum Gasteiger partial charge on any atom is 0.341 e. The number of carboxylic acids is 1. The number of thiophene rings is 1. The molecule has 5 aromatic rings. The minimum Gasteiger partial charge on any atom is -0.506 e. The molecule has 2 atom stereocenters. The third-order valence-corrected chi connectivity index (χ3v) is 13.1. The molecular formula is C37H46N6O6S2. The average Bonchev–Trinajstić information content (AvgIpc) is 3.95. The minimum absolute atomic E-state index is 0.0157. The number of phenolic OH excluding ortho intramolecular Hbond substituents is 1. The van der Waals surface area contributed by atoms with Crippen molar-refractivity contribution in [3.05, 3.63) is 73.0 Å². The minimum atomic E-state index is -1.78. The molecule has 51 heavy (non-hydrogen) atoms. The van der Waals surface area contributed by atoms with Gasteiger partial charge >= 0.3 is 10.8 Å². The van der Waals surface area contributed by atoms with E-state index in [4.69, 9.17) is 0 Å². The number of rotatable bonds is 14. The van der Waals surface area contributed by atoms with Crippen LogP contribution in [0.4, 0.5) is 0 Å². The molecule has 2 saturated carbocycles. The van der Waals surface area contributed by atoms with E-state index in [0.717, 1.165) is 104 Å². The lowest BCUT2D eigenvalue weighted by Gasteiger charge is -2.36. The number of carbonyl (C=O) groups is 1. The molecule has 2 aliphatic carbocycles. The van der Waals surface area contributed by atoms with Gasteiger partial charge in [-0.2, -0.15) is 0 Å². The van der Waals surface area contributed by atoms with E-state index in [2.05, 4.69) is 38.6 Å². The van der Waals surface area contributed by atoms with E-state index in [1.54, 1.807) is 6.07 Å². The van der Waals surface area contributed by atoms with Crippen molar-refractivity contribution < 1.29 is 25.2 Å². The van der Waals surface area contributed by atoms with Crippen LogP contribution >= 0.6 is 22.7 Å². The zero-order valence-electron chi connectivity index (χ0n) is 28.8. The number of aliphatic hydroxyl groups is 2. The highest BCUT2D eigenvalue weighted by atomic mass is 32.1. The molecule has 0 saturated heterocycles. The second kappa shape index (κ2) is 15.1. The molecule has 12 nitrogen and oxygen atoms in total. The highest BCUT2D eigenvalue weighted by molar-refractivity contribution is 7.16. The summed E-state index contributed by atoms with van der Waals surface area (Å²) >= 11 is 2.38. The Bertz CT molecular complexity index is 2040. The van der Waals surface area contributed by atoms with Crippen molar-refractivity contribution in [2.45, 2.75) is 94.5 Å². The Balaban J connectivity index is 0.881. The summed E-state index contributed by atoms with van der Waals surface area (Å²) in [6, 6.07) is 11.7. The lowest BCUT2D eigenvalue weighted by molar-refractivity contribution is -0.166. The smallest absolute Gasteiger partial charge is 0.341 e. The fraction of sp³-hybridized carbons (Fsp3) is 0.514. The number of aliphatic hydroxyl groups excluding tert-OH is 1. The SMILES string of the molecule is CN(CCCn1nnc2cc(CNC[C@H](O)c3ccc(O)c4[nH]c(=O)sc34)ccc21)C1CCC(c2ccsc2[C@@](O)(C(=O)O)C2CCCC2)CC1. The van der Waals surface area contributed by atoms with Crippen molar-refractivity contribution in [2.75, 3.05) is 20.1 Å². The summed E-state index contributed by atoms with van der Waals surface area (Å²) in [4.78, 5) is 29.7. The summed E-state index contributed by atoms with van der Waals surface area (Å²) in [5, 5.41) is 56.6. The number of carboxylic acid groups (broad SMARTS) is 1. The summed E-state index contributed by atoms with van der Waals surface area (Å²) in [6.07, 6.45) is 7.62. The maximum atomic E-state index is 12.4.